The average molecular weight is 547 g/mol. The lowest BCUT2D eigenvalue weighted by molar-refractivity contribution is -0.158. The van der Waals surface area contributed by atoms with Gasteiger partial charge in [-0.05, 0) is 76.2 Å². The van der Waals surface area contributed by atoms with E-state index in [0.717, 1.165) is 83.4 Å². The summed E-state index contributed by atoms with van der Waals surface area (Å²) in [5, 5.41) is 3.14. The van der Waals surface area contributed by atoms with Crippen molar-refractivity contribution in [2.75, 3.05) is 59.2 Å². The molecule has 5 rings (SSSR count). The fourth-order valence-electron chi connectivity index (χ4n) is 5.94. The number of anilines is 1. The molecule has 1 aromatic rings. The number of amides is 1. The number of methoxy groups -OCH3 is 2. The SMILES string of the molecule is CC.COc1cc(N)c(C)cc1C(=O)NC1CCN(CCCCCC(=O)OC2CN3CCC2CC3)CC1OC. The predicted octanol–water partition coefficient (Wildman–Crippen LogP) is 3.63. The second-order valence-electron chi connectivity index (χ2n) is 10.8. The van der Waals surface area contributed by atoms with Gasteiger partial charge in [0.1, 0.15) is 11.9 Å². The van der Waals surface area contributed by atoms with Gasteiger partial charge in [-0.25, -0.2) is 0 Å². The van der Waals surface area contributed by atoms with Crippen molar-refractivity contribution in [3.63, 3.8) is 0 Å². The van der Waals surface area contributed by atoms with Crippen LogP contribution in [0.1, 0.15) is 74.7 Å². The Bertz CT molecular complexity index is 934. The van der Waals surface area contributed by atoms with Crippen LogP contribution in [0, 0.1) is 12.8 Å². The van der Waals surface area contributed by atoms with E-state index in [1.807, 2.05) is 20.8 Å². The molecule has 1 amide bonds. The number of nitrogen functional groups attached to an aromatic ring is 1. The number of piperidine rings is 4. The van der Waals surface area contributed by atoms with Gasteiger partial charge in [0.15, 0.2) is 0 Å². The number of fused-ring (bicyclic) bond motifs is 3. The van der Waals surface area contributed by atoms with Crippen molar-refractivity contribution in [2.45, 2.75) is 84.0 Å². The molecule has 2 bridgehead atoms. The first-order valence-electron chi connectivity index (χ1n) is 14.8. The summed E-state index contributed by atoms with van der Waals surface area (Å²) in [4.78, 5) is 30.1. The number of nitrogens with two attached hydrogens (primary N) is 1. The predicted molar refractivity (Wildman–Crippen MR) is 154 cm³/mol. The van der Waals surface area contributed by atoms with Gasteiger partial charge in [-0.15, -0.1) is 0 Å². The number of unbranched alkanes of at least 4 members (excludes halogenated alkanes) is 2. The molecule has 0 aliphatic carbocycles. The number of benzene rings is 1. The quantitative estimate of drug-likeness (QED) is 0.246. The summed E-state index contributed by atoms with van der Waals surface area (Å²) in [6.07, 6.45) is 6.55. The monoisotopic (exact) mass is 546 g/mol. The van der Waals surface area contributed by atoms with E-state index in [0.29, 0.717) is 29.3 Å². The molecule has 4 aliphatic rings. The summed E-state index contributed by atoms with van der Waals surface area (Å²) in [6, 6.07) is 3.39. The van der Waals surface area contributed by atoms with Crippen LogP contribution in [0.25, 0.3) is 0 Å². The molecule has 3 unspecified atom stereocenters. The molecule has 4 saturated heterocycles. The molecular formula is C30H50N4O5. The number of nitrogens with one attached hydrogen (secondary N) is 1. The Kier molecular flexibility index (Phi) is 12.3. The van der Waals surface area contributed by atoms with Gasteiger partial charge >= 0.3 is 5.97 Å². The van der Waals surface area contributed by atoms with Gasteiger partial charge in [-0.1, -0.05) is 20.3 Å². The van der Waals surface area contributed by atoms with Crippen molar-refractivity contribution in [1.82, 2.24) is 15.1 Å². The molecule has 1 aromatic carbocycles. The zero-order valence-corrected chi connectivity index (χ0v) is 24.7. The van der Waals surface area contributed by atoms with Crippen molar-refractivity contribution >= 4 is 17.6 Å². The van der Waals surface area contributed by atoms with Crippen molar-refractivity contribution in [1.29, 1.82) is 0 Å². The number of carbonyl (C=O) groups is 2. The molecule has 4 fully saturated rings. The first-order valence-corrected chi connectivity index (χ1v) is 14.8. The highest BCUT2D eigenvalue weighted by atomic mass is 16.5. The van der Waals surface area contributed by atoms with E-state index in [2.05, 4.69) is 15.1 Å². The molecule has 0 spiro atoms. The lowest BCUT2D eigenvalue weighted by atomic mass is 9.86. The highest BCUT2D eigenvalue weighted by Gasteiger charge is 2.36. The van der Waals surface area contributed by atoms with E-state index < -0.39 is 0 Å². The van der Waals surface area contributed by atoms with Crippen LogP contribution in [0.2, 0.25) is 0 Å². The molecule has 4 aliphatic heterocycles. The summed E-state index contributed by atoms with van der Waals surface area (Å²) < 4.78 is 16.9. The molecule has 9 nitrogen and oxygen atoms in total. The zero-order valence-electron chi connectivity index (χ0n) is 24.7. The van der Waals surface area contributed by atoms with E-state index in [1.165, 1.54) is 0 Å². The van der Waals surface area contributed by atoms with E-state index in [-0.39, 0.29) is 30.1 Å². The van der Waals surface area contributed by atoms with Crippen molar-refractivity contribution in [2.24, 2.45) is 5.92 Å². The number of carbonyl (C=O) groups excluding carboxylic acids is 2. The second-order valence-corrected chi connectivity index (χ2v) is 10.8. The van der Waals surface area contributed by atoms with E-state index in [9.17, 15) is 9.59 Å². The third-order valence-electron chi connectivity index (χ3n) is 8.33. The maximum absolute atomic E-state index is 13.0. The molecule has 0 saturated carbocycles. The molecule has 0 aromatic heterocycles. The molecule has 9 heteroatoms. The molecule has 3 atom stereocenters. The number of hydrogen-bond acceptors (Lipinski definition) is 8. The van der Waals surface area contributed by atoms with Gasteiger partial charge in [0.25, 0.3) is 5.91 Å². The number of rotatable bonds is 11. The van der Waals surface area contributed by atoms with Gasteiger partial charge in [-0.3, -0.25) is 14.5 Å². The molecular weight excluding hydrogens is 496 g/mol. The normalized spacial score (nSPS) is 26.3. The number of aryl methyl sites for hydroxylation is 1. The van der Waals surface area contributed by atoms with E-state index >= 15 is 0 Å². The summed E-state index contributed by atoms with van der Waals surface area (Å²) in [5.41, 5.74) is 7.90. The largest absolute Gasteiger partial charge is 0.496 e. The molecule has 4 heterocycles. The minimum atomic E-state index is -0.175. The summed E-state index contributed by atoms with van der Waals surface area (Å²) in [5.74, 6) is 0.820. The number of hydrogen-bond donors (Lipinski definition) is 2. The van der Waals surface area contributed by atoms with Crippen LogP contribution in [0.3, 0.4) is 0 Å². The van der Waals surface area contributed by atoms with Crippen molar-refractivity contribution in [3.05, 3.63) is 23.3 Å². The van der Waals surface area contributed by atoms with Crippen LogP contribution in [0.5, 0.6) is 5.75 Å². The third-order valence-corrected chi connectivity index (χ3v) is 8.33. The van der Waals surface area contributed by atoms with Gasteiger partial charge in [0.05, 0.1) is 24.8 Å². The zero-order chi connectivity index (χ0) is 28.4. The van der Waals surface area contributed by atoms with Crippen molar-refractivity contribution < 1.29 is 23.8 Å². The van der Waals surface area contributed by atoms with E-state index in [4.69, 9.17) is 19.9 Å². The Hall–Kier alpha value is -2.36. The number of ether oxygens (including phenoxy) is 3. The van der Waals surface area contributed by atoms with Crippen LogP contribution in [0.15, 0.2) is 12.1 Å². The van der Waals surface area contributed by atoms with Gasteiger partial charge < -0.3 is 30.2 Å². The van der Waals surface area contributed by atoms with Crippen LogP contribution < -0.4 is 15.8 Å². The third kappa shape index (κ3) is 8.56. The Labute approximate surface area is 234 Å². The van der Waals surface area contributed by atoms with Crippen LogP contribution >= 0.6 is 0 Å². The van der Waals surface area contributed by atoms with Gasteiger partial charge in [0, 0.05) is 44.9 Å². The highest BCUT2D eigenvalue weighted by Crippen LogP contribution is 2.30. The topological polar surface area (TPSA) is 106 Å². The number of esters is 1. The fourth-order valence-corrected chi connectivity index (χ4v) is 5.94. The Morgan fingerprint density at radius 3 is 2.38 bits per heavy atom. The van der Waals surface area contributed by atoms with Crippen LogP contribution in [-0.4, -0.2) is 93.4 Å². The summed E-state index contributed by atoms with van der Waals surface area (Å²) in [7, 11) is 3.24. The number of nitrogens with zero attached hydrogens (tertiary/aromatic N) is 2. The average Bonchev–Trinajstić information content (AvgIpc) is 2.96. The Balaban J connectivity index is 0.00000205. The Morgan fingerprint density at radius 1 is 1.00 bits per heavy atom. The lowest BCUT2D eigenvalue weighted by Crippen LogP contribution is -2.54. The minimum absolute atomic E-state index is 0.0392. The minimum Gasteiger partial charge on any atom is -0.496 e. The maximum Gasteiger partial charge on any atom is 0.306 e. The standard InChI is InChI=1S/C28H44N4O5.C2H6/c1-19-15-21(24(35-2)16-22(19)29)28(34)30-23-10-14-31(18-26(23)36-3)11-6-4-5-7-27(33)37-25-17-32-12-8-20(25)9-13-32;1-2/h15-16,20,23,25-26H,4-14,17-18,29H2,1-3H3,(H,30,34);1-2H3. The molecule has 220 valence electrons. The first kappa shape index (κ1) is 31.2. The van der Waals surface area contributed by atoms with Crippen LogP contribution in [-0.2, 0) is 14.3 Å². The van der Waals surface area contributed by atoms with Crippen molar-refractivity contribution in [3.8, 4) is 5.75 Å². The summed E-state index contributed by atoms with van der Waals surface area (Å²) in [6.45, 7) is 11.7. The Morgan fingerprint density at radius 2 is 1.74 bits per heavy atom. The molecule has 39 heavy (non-hydrogen) atoms. The summed E-state index contributed by atoms with van der Waals surface area (Å²) >= 11 is 0. The maximum atomic E-state index is 13.0. The molecule has 3 N–H and O–H groups in total. The lowest BCUT2D eigenvalue weighted by Gasteiger charge is -2.43. The fraction of sp³-hybridized carbons (Fsp3) is 0.733. The highest BCUT2D eigenvalue weighted by molar-refractivity contribution is 5.98. The van der Waals surface area contributed by atoms with Crippen LogP contribution in [0.4, 0.5) is 5.69 Å². The van der Waals surface area contributed by atoms with Gasteiger partial charge in [-0.2, -0.15) is 0 Å². The van der Waals surface area contributed by atoms with E-state index in [1.54, 1.807) is 26.4 Å². The van der Waals surface area contributed by atoms with Gasteiger partial charge in [0.2, 0.25) is 0 Å². The first-order chi connectivity index (χ1) is 18.9. The molecule has 0 radical (unpaired) electrons. The second kappa shape index (κ2) is 15.4. The smallest absolute Gasteiger partial charge is 0.306 e. The number of likely N-dealkylation sites (tertiary alicyclic amines) is 1.